The van der Waals surface area contributed by atoms with Crippen molar-refractivity contribution >= 4 is 80.7 Å². The third kappa shape index (κ3) is 21.6. The van der Waals surface area contributed by atoms with E-state index in [9.17, 15) is 24.8 Å². The van der Waals surface area contributed by atoms with Crippen LogP contribution in [-0.2, 0) is 45.4 Å². The Morgan fingerprint density at radius 2 is 0.815 bits per heavy atom. The van der Waals surface area contributed by atoms with Crippen molar-refractivity contribution in [1.82, 2.24) is 79.7 Å². The summed E-state index contributed by atoms with van der Waals surface area (Å²) >= 11 is 6.74. The number of aryl methyl sites for hydroxylation is 3. The highest BCUT2D eigenvalue weighted by Crippen LogP contribution is 2.42. The Hall–Kier alpha value is -11.4. The number of aliphatic hydroxyl groups is 4. The molecule has 624 valence electrons. The van der Waals surface area contributed by atoms with Crippen LogP contribution >= 0.6 is 11.6 Å². The number of nitrogens with one attached hydrogen (secondary N) is 12. The number of rotatable bonds is 28. The molecule has 30 nitrogen and oxygen atoms in total. The Kier molecular flexibility index (Phi) is 28.9. The molecule has 12 aromatic rings. The van der Waals surface area contributed by atoms with Crippen molar-refractivity contribution in [3.8, 4) is 12.1 Å². The zero-order valence-electron chi connectivity index (χ0n) is 67.5. The maximum atomic E-state index is 14.0. The van der Waals surface area contributed by atoms with Crippen LogP contribution in [0, 0.1) is 52.2 Å². The van der Waals surface area contributed by atoms with Gasteiger partial charge in [-0.2, -0.15) is 49.0 Å². The van der Waals surface area contributed by atoms with E-state index >= 15 is 0 Å². The summed E-state index contributed by atoms with van der Waals surface area (Å²) in [5.41, 5.74) is 12.7. The predicted molar refractivity (Wildman–Crippen MR) is 463 cm³/mol. The quantitative estimate of drug-likeness (QED) is 0.0217. The molecule has 0 amide bonds. The number of hydrogen-bond acceptors (Lipinski definition) is 26. The summed E-state index contributed by atoms with van der Waals surface area (Å²) in [6.07, 6.45) is 14.6. The Morgan fingerprint density at radius 3 is 1.27 bits per heavy atom. The molecular weight excluding hydrogens is 1530 g/mol. The van der Waals surface area contributed by atoms with Crippen LogP contribution in [0.3, 0.4) is 0 Å². The fraction of sp³-hybridized carbons (Fsp3) is 0.425. The van der Waals surface area contributed by atoms with Crippen molar-refractivity contribution in [2.75, 3.05) is 121 Å². The number of piperidine rings is 4. The second-order valence-corrected chi connectivity index (χ2v) is 31.4. The van der Waals surface area contributed by atoms with E-state index in [2.05, 4.69) is 141 Å². The Bertz CT molecular complexity index is 5430. The molecule has 4 aliphatic heterocycles. The van der Waals surface area contributed by atoms with Gasteiger partial charge in [-0.25, -0.2) is 24.3 Å². The van der Waals surface area contributed by atoms with Gasteiger partial charge in [-0.15, -0.1) is 0 Å². The number of fused-ring (bicyclic) bond motifs is 4. The van der Waals surface area contributed by atoms with Crippen molar-refractivity contribution in [2.45, 2.75) is 135 Å². The Balaban J connectivity index is 0.000000130. The van der Waals surface area contributed by atoms with Crippen LogP contribution < -0.4 is 63.8 Å². The van der Waals surface area contributed by atoms with Gasteiger partial charge in [0, 0.05) is 148 Å². The maximum Gasteiger partial charge on any atom is 0.163 e. The number of anilines is 8. The smallest absolute Gasteiger partial charge is 0.163 e. The van der Waals surface area contributed by atoms with E-state index in [0.29, 0.717) is 105 Å². The zero-order valence-corrected chi connectivity index (χ0v) is 68.3. The third-order valence-corrected chi connectivity index (χ3v) is 23.1. The lowest BCUT2D eigenvalue weighted by Crippen LogP contribution is -2.43. The Morgan fingerprint density at radius 1 is 0.420 bits per heavy atom. The van der Waals surface area contributed by atoms with Crippen LogP contribution in [-0.4, -0.2) is 182 Å². The first-order chi connectivity index (χ1) is 58.2. The van der Waals surface area contributed by atoms with E-state index in [1.54, 1.807) is 39.5 Å². The highest BCUT2D eigenvalue weighted by Gasteiger charge is 2.31. The van der Waals surface area contributed by atoms with Gasteiger partial charge in [0.1, 0.15) is 45.7 Å². The minimum atomic E-state index is -0.394. The molecule has 32 heteroatoms. The van der Waals surface area contributed by atoms with Crippen molar-refractivity contribution in [2.24, 2.45) is 23.7 Å². The number of aliphatic hydroxyl groups excluding tert-OH is 4. The van der Waals surface area contributed by atoms with Crippen LogP contribution in [0.25, 0.3) is 22.6 Å². The molecule has 5 aliphatic rings. The number of benzene rings is 4. The molecule has 8 aromatic heterocycles. The lowest BCUT2D eigenvalue weighted by atomic mass is 9.95. The molecular formula is C87H108ClFN26O4. The van der Waals surface area contributed by atoms with Gasteiger partial charge in [0.25, 0.3) is 0 Å². The SMILES string of the molecule is CCc1cnn2c(NCc3cccc(C#N)c3)c(Cl)c(NC[C@H]3CCNC[C@@H]3O)nc12.CCc1cnn2c(NCc3cccc(C#N)c3)cc(NC[C@H]3CCNC[C@@H]3O)nc12.CCc1cnn2c(NCc3ccccc3F)cc(NC[C@H]3CCNC[C@@H]3O)nc12.O[C@H]1CNCC[C@@H]1CNc1cc(NCc2ccccc2)n2ncc(C3CC3)c2n1. The molecule has 119 heavy (non-hydrogen) atoms. The third-order valence-electron chi connectivity index (χ3n) is 22.7. The molecule has 17 rings (SSSR count). The van der Waals surface area contributed by atoms with Crippen LogP contribution in [0.2, 0.25) is 5.02 Å². The summed E-state index contributed by atoms with van der Waals surface area (Å²) in [5, 5.41) is 118. The highest BCUT2D eigenvalue weighted by atomic mass is 35.5. The van der Waals surface area contributed by atoms with Crippen molar-refractivity contribution in [3.63, 3.8) is 0 Å². The molecule has 5 fully saturated rings. The fourth-order valence-corrected chi connectivity index (χ4v) is 15.6. The first-order valence-electron chi connectivity index (χ1n) is 41.6. The minimum absolute atomic E-state index is 0.135. The van der Waals surface area contributed by atoms with Crippen LogP contribution in [0.1, 0.15) is 121 Å². The molecule has 8 atom stereocenters. The molecule has 0 bridgehead atoms. The zero-order chi connectivity index (χ0) is 82.6. The average Bonchev–Trinajstić information content (AvgIpc) is 1.64. The second-order valence-electron chi connectivity index (χ2n) is 31.0. The average molecular weight is 1640 g/mol. The Labute approximate surface area is 696 Å². The van der Waals surface area contributed by atoms with Crippen molar-refractivity contribution < 1.29 is 24.8 Å². The van der Waals surface area contributed by atoms with Gasteiger partial charge in [-0.05, 0) is 137 Å². The molecule has 16 N–H and O–H groups in total. The highest BCUT2D eigenvalue weighted by molar-refractivity contribution is 6.35. The normalized spacial score (nSPS) is 19.7. The minimum Gasteiger partial charge on any atom is -0.391 e. The van der Waals surface area contributed by atoms with E-state index in [4.69, 9.17) is 42.1 Å². The van der Waals surface area contributed by atoms with Gasteiger partial charge in [-0.1, -0.05) is 105 Å². The topological polar surface area (TPSA) is 394 Å². The number of nitriles is 2. The van der Waals surface area contributed by atoms with Gasteiger partial charge in [0.15, 0.2) is 34.2 Å². The largest absolute Gasteiger partial charge is 0.391 e. The number of aromatic nitrogens is 12. The molecule has 1 saturated carbocycles. The summed E-state index contributed by atoms with van der Waals surface area (Å²) in [6.45, 7) is 17.2. The summed E-state index contributed by atoms with van der Waals surface area (Å²) in [7, 11) is 0. The summed E-state index contributed by atoms with van der Waals surface area (Å²) in [6, 6.07) is 42.3. The lowest BCUT2D eigenvalue weighted by Gasteiger charge is -2.28. The lowest BCUT2D eigenvalue weighted by molar-refractivity contribution is 0.0881. The summed E-state index contributed by atoms with van der Waals surface area (Å²) < 4.78 is 21.2. The second kappa shape index (κ2) is 40.9. The summed E-state index contributed by atoms with van der Waals surface area (Å²) in [4.78, 5) is 19.1. The monoisotopic (exact) mass is 1630 g/mol. The summed E-state index contributed by atoms with van der Waals surface area (Å²) in [5.74, 6) is 7.13. The van der Waals surface area contributed by atoms with E-state index < -0.39 is 6.10 Å². The van der Waals surface area contributed by atoms with Gasteiger partial charge in [-0.3, -0.25) is 0 Å². The molecule has 1 aliphatic carbocycles. The molecule has 4 aromatic carbocycles. The number of halogens is 2. The standard InChI is InChI=1S/C22H26ClN7O.C22H27N7O.C22H28N6O.C21H27FN6O/c1-2-16-12-28-30-21(16)29-20(26-11-17-6-7-25-13-18(17)31)19(23)22(30)27-10-15-5-3-4-14(8-15)9-24;1-2-17-13-27-29-21(26-11-16-5-3-4-15(8-16)10-23)9-20(28-22(17)29)25-12-18-6-7-24-14-19(18)30;29-19-14-23-9-8-17(19)12-24-20-10-21(25-11-15-4-2-1-3-5-15)28-22(27-20)18(13-26-28)16-6-7-16;1-2-14-12-26-28-20(25-10-15-5-3-4-6-17(15)22)9-19(27-21(14)28)24-11-16-7-8-23-13-18(16)29/h3-5,8,12,17-18,25,27,31H,2,6-7,10-11,13H2,1H3,(H,26,29);3-5,8-9,13,18-19,24,26,30H,2,6-7,11-12,14H2,1H3,(H,25,28);1-5,10,13,16-17,19,23,25,29H,6-9,11-12,14H2,(H,24,27);3-6,9,12,16,18,23,25,29H,2,7-8,10-11,13H2,1H3,(H,24,27)/t17-,18+;18-,19+;17-,19+;16-,18+/m1111/s1. The van der Waals surface area contributed by atoms with Crippen molar-refractivity contribution in [3.05, 3.63) is 213 Å². The van der Waals surface area contributed by atoms with E-state index in [0.717, 1.165) is 170 Å². The van der Waals surface area contributed by atoms with Gasteiger partial charge in [0.2, 0.25) is 0 Å². The number of β-amino-alcohol motifs (C(OH)–C–C–N with tert-alkyl or cyclic N) is 4. The predicted octanol–water partition coefficient (Wildman–Crippen LogP) is 10.00. The maximum absolute atomic E-state index is 14.0. The number of nitrogens with zero attached hydrogens (tertiary/aromatic N) is 14. The van der Waals surface area contributed by atoms with Crippen LogP contribution in [0.4, 0.5) is 50.9 Å². The molecule has 0 spiro atoms. The fourth-order valence-electron chi connectivity index (χ4n) is 15.3. The van der Waals surface area contributed by atoms with E-state index in [1.165, 1.54) is 30.0 Å². The molecule has 0 unspecified atom stereocenters. The van der Waals surface area contributed by atoms with Gasteiger partial charge >= 0.3 is 0 Å². The number of hydrogen-bond donors (Lipinski definition) is 16. The van der Waals surface area contributed by atoms with Crippen LogP contribution in [0.15, 0.2) is 146 Å². The van der Waals surface area contributed by atoms with E-state index in [1.807, 2.05) is 94.4 Å². The van der Waals surface area contributed by atoms with Gasteiger partial charge < -0.3 is 84.2 Å². The van der Waals surface area contributed by atoms with Crippen molar-refractivity contribution in [1.29, 1.82) is 10.5 Å². The first-order valence-corrected chi connectivity index (χ1v) is 42.0. The van der Waals surface area contributed by atoms with E-state index in [-0.39, 0.29) is 47.8 Å². The molecule has 4 saturated heterocycles. The molecule has 12 heterocycles. The first kappa shape index (κ1) is 84.1. The molecule has 0 radical (unpaired) electrons. The van der Waals surface area contributed by atoms with Crippen LogP contribution in [0.5, 0.6) is 0 Å². The van der Waals surface area contributed by atoms with Gasteiger partial charge in [0.05, 0.1) is 72.5 Å².